The average Bonchev–Trinajstić information content (AvgIpc) is 2.85. The van der Waals surface area contributed by atoms with Crippen molar-refractivity contribution in [3.63, 3.8) is 0 Å². The normalized spacial score (nSPS) is 27.7. The number of aromatic amines is 1. The van der Waals surface area contributed by atoms with E-state index in [1.165, 1.54) is 6.33 Å². The Morgan fingerprint density at radius 3 is 2.89 bits per heavy atom. The highest BCUT2D eigenvalue weighted by atomic mass is 16.4. The van der Waals surface area contributed by atoms with Gasteiger partial charge >= 0.3 is 5.97 Å². The summed E-state index contributed by atoms with van der Waals surface area (Å²) in [5.74, 6) is -1.57. The third-order valence-electron chi connectivity index (χ3n) is 3.65. The molecule has 2 rings (SSSR count). The number of nitrogens with zero attached hydrogens (tertiary/aromatic N) is 2. The van der Waals surface area contributed by atoms with Crippen LogP contribution in [0.1, 0.15) is 43.2 Å². The molecule has 1 aromatic heterocycles. The number of aromatic nitrogens is 3. The Kier molecular flexibility index (Phi) is 3.31. The van der Waals surface area contributed by atoms with E-state index in [9.17, 15) is 14.7 Å². The van der Waals surface area contributed by atoms with E-state index >= 15 is 0 Å². The third-order valence-corrected chi connectivity index (χ3v) is 3.65. The molecule has 18 heavy (non-hydrogen) atoms. The SMILES string of the molecule is CC1CCCCC1(NC(=O)c1ncn[nH]1)C(=O)O. The molecule has 1 fully saturated rings. The molecule has 0 aromatic carbocycles. The number of carbonyl (C=O) groups excluding carboxylic acids is 1. The largest absolute Gasteiger partial charge is 0.479 e. The molecule has 2 atom stereocenters. The van der Waals surface area contributed by atoms with Crippen LogP contribution in [-0.2, 0) is 4.79 Å². The van der Waals surface area contributed by atoms with Gasteiger partial charge in [0.05, 0.1) is 0 Å². The number of carboxylic acid groups (broad SMARTS) is 1. The minimum absolute atomic E-state index is 0.0356. The van der Waals surface area contributed by atoms with Crippen molar-refractivity contribution >= 4 is 11.9 Å². The van der Waals surface area contributed by atoms with Crippen molar-refractivity contribution in [1.82, 2.24) is 20.5 Å². The van der Waals surface area contributed by atoms with Crippen LogP contribution in [0.15, 0.2) is 6.33 Å². The highest BCUT2D eigenvalue weighted by Crippen LogP contribution is 2.34. The van der Waals surface area contributed by atoms with Crippen LogP contribution in [0.3, 0.4) is 0 Å². The molecule has 1 aromatic rings. The molecule has 0 radical (unpaired) electrons. The van der Waals surface area contributed by atoms with E-state index in [0.29, 0.717) is 6.42 Å². The van der Waals surface area contributed by atoms with Crippen molar-refractivity contribution in [1.29, 1.82) is 0 Å². The molecule has 1 aliphatic carbocycles. The standard InChI is InChI=1S/C11H16N4O3/c1-7-4-2-3-5-11(7,10(17)18)14-9(16)8-12-6-13-15-8/h6-7H,2-5H2,1H3,(H,14,16)(H,17,18)(H,12,13,15). The van der Waals surface area contributed by atoms with E-state index in [2.05, 4.69) is 20.5 Å². The minimum Gasteiger partial charge on any atom is -0.479 e. The Morgan fingerprint density at radius 2 is 2.33 bits per heavy atom. The van der Waals surface area contributed by atoms with Gasteiger partial charge in [-0.2, -0.15) is 5.10 Å². The summed E-state index contributed by atoms with van der Waals surface area (Å²) < 4.78 is 0. The van der Waals surface area contributed by atoms with Crippen LogP contribution in [0.2, 0.25) is 0 Å². The summed E-state index contributed by atoms with van der Waals surface area (Å²) >= 11 is 0. The molecule has 3 N–H and O–H groups in total. The molecule has 0 saturated heterocycles. The summed E-state index contributed by atoms with van der Waals surface area (Å²) in [7, 11) is 0. The molecule has 1 aliphatic rings. The number of carbonyl (C=O) groups is 2. The van der Waals surface area contributed by atoms with Gasteiger partial charge in [-0.15, -0.1) is 0 Å². The first-order chi connectivity index (χ1) is 8.56. The van der Waals surface area contributed by atoms with Crippen LogP contribution >= 0.6 is 0 Å². The van der Waals surface area contributed by atoms with Crippen molar-refractivity contribution in [2.75, 3.05) is 0 Å². The number of rotatable bonds is 3. The topological polar surface area (TPSA) is 108 Å². The van der Waals surface area contributed by atoms with Crippen molar-refractivity contribution in [2.24, 2.45) is 5.92 Å². The lowest BCUT2D eigenvalue weighted by atomic mass is 9.73. The van der Waals surface area contributed by atoms with Gasteiger partial charge in [-0.1, -0.05) is 19.8 Å². The predicted molar refractivity (Wildman–Crippen MR) is 61.8 cm³/mol. The lowest BCUT2D eigenvalue weighted by molar-refractivity contribution is -0.148. The fourth-order valence-electron chi connectivity index (χ4n) is 2.48. The van der Waals surface area contributed by atoms with Crippen molar-refractivity contribution in [3.05, 3.63) is 12.2 Å². The average molecular weight is 252 g/mol. The van der Waals surface area contributed by atoms with Crippen LogP contribution in [0.5, 0.6) is 0 Å². The molecular formula is C11H16N4O3. The molecule has 0 bridgehead atoms. The van der Waals surface area contributed by atoms with Crippen LogP contribution in [0.4, 0.5) is 0 Å². The van der Waals surface area contributed by atoms with E-state index in [4.69, 9.17) is 0 Å². The summed E-state index contributed by atoms with van der Waals surface area (Å²) in [5, 5.41) is 18.1. The fraction of sp³-hybridized carbons (Fsp3) is 0.636. The van der Waals surface area contributed by atoms with E-state index < -0.39 is 17.4 Å². The van der Waals surface area contributed by atoms with E-state index in [0.717, 1.165) is 19.3 Å². The summed E-state index contributed by atoms with van der Waals surface area (Å²) in [4.78, 5) is 27.2. The van der Waals surface area contributed by atoms with Crippen molar-refractivity contribution in [2.45, 2.75) is 38.1 Å². The summed E-state index contributed by atoms with van der Waals surface area (Å²) in [5.41, 5.74) is -1.19. The lowest BCUT2D eigenvalue weighted by Gasteiger charge is -2.39. The second kappa shape index (κ2) is 4.75. The molecule has 98 valence electrons. The maximum Gasteiger partial charge on any atom is 0.329 e. The Labute approximate surface area is 104 Å². The number of carboxylic acids is 1. The quantitative estimate of drug-likeness (QED) is 0.728. The number of amides is 1. The monoisotopic (exact) mass is 252 g/mol. The first kappa shape index (κ1) is 12.5. The molecule has 1 heterocycles. The first-order valence-electron chi connectivity index (χ1n) is 5.97. The maximum absolute atomic E-state index is 11.9. The molecule has 1 amide bonds. The first-order valence-corrected chi connectivity index (χ1v) is 5.97. The summed E-state index contributed by atoms with van der Waals surface area (Å²) in [6, 6.07) is 0. The van der Waals surface area contributed by atoms with Gasteiger partial charge in [0.15, 0.2) is 0 Å². The van der Waals surface area contributed by atoms with Crippen LogP contribution in [0.25, 0.3) is 0 Å². The van der Waals surface area contributed by atoms with Gasteiger partial charge in [0, 0.05) is 0 Å². The highest BCUT2D eigenvalue weighted by Gasteiger charge is 2.46. The van der Waals surface area contributed by atoms with Gasteiger partial charge in [0.2, 0.25) is 5.82 Å². The Balaban J connectivity index is 2.21. The molecule has 0 aliphatic heterocycles. The van der Waals surface area contributed by atoms with Gasteiger partial charge in [-0.25, -0.2) is 9.78 Å². The second-order valence-corrected chi connectivity index (χ2v) is 4.71. The Hall–Kier alpha value is -1.92. The lowest BCUT2D eigenvalue weighted by Crippen LogP contribution is -2.60. The number of hydrogen-bond acceptors (Lipinski definition) is 4. The zero-order valence-corrected chi connectivity index (χ0v) is 10.1. The maximum atomic E-state index is 11.9. The number of nitrogens with one attached hydrogen (secondary N) is 2. The molecule has 7 nitrogen and oxygen atoms in total. The zero-order chi connectivity index (χ0) is 13.2. The molecule has 2 unspecified atom stereocenters. The van der Waals surface area contributed by atoms with Gasteiger partial charge in [-0.05, 0) is 18.8 Å². The van der Waals surface area contributed by atoms with E-state index in [1.54, 1.807) is 0 Å². The van der Waals surface area contributed by atoms with E-state index in [1.807, 2.05) is 6.92 Å². The van der Waals surface area contributed by atoms with Crippen molar-refractivity contribution < 1.29 is 14.7 Å². The molecular weight excluding hydrogens is 236 g/mol. The van der Waals surface area contributed by atoms with Gasteiger partial charge in [0.25, 0.3) is 5.91 Å². The zero-order valence-electron chi connectivity index (χ0n) is 10.1. The summed E-state index contributed by atoms with van der Waals surface area (Å²) in [6.45, 7) is 1.86. The molecule has 0 spiro atoms. The van der Waals surface area contributed by atoms with Crippen LogP contribution in [-0.4, -0.2) is 37.7 Å². The molecule has 7 heteroatoms. The number of H-pyrrole nitrogens is 1. The third kappa shape index (κ3) is 2.07. The van der Waals surface area contributed by atoms with Gasteiger partial charge in [0.1, 0.15) is 11.9 Å². The predicted octanol–water partition coefficient (Wildman–Crippen LogP) is 0.568. The fourth-order valence-corrected chi connectivity index (χ4v) is 2.48. The van der Waals surface area contributed by atoms with Crippen LogP contribution < -0.4 is 5.32 Å². The summed E-state index contributed by atoms with van der Waals surface area (Å²) in [6.07, 6.45) is 4.25. The van der Waals surface area contributed by atoms with Crippen LogP contribution in [0, 0.1) is 5.92 Å². The van der Waals surface area contributed by atoms with Crippen molar-refractivity contribution in [3.8, 4) is 0 Å². The Bertz CT molecular complexity index is 445. The molecule has 1 saturated carbocycles. The number of aliphatic carboxylic acids is 1. The number of hydrogen-bond donors (Lipinski definition) is 3. The Morgan fingerprint density at radius 1 is 1.56 bits per heavy atom. The highest BCUT2D eigenvalue weighted by molar-refractivity contribution is 5.95. The van der Waals surface area contributed by atoms with Gasteiger partial charge in [-0.3, -0.25) is 9.89 Å². The minimum atomic E-state index is -1.19. The van der Waals surface area contributed by atoms with E-state index in [-0.39, 0.29) is 11.7 Å². The second-order valence-electron chi connectivity index (χ2n) is 4.71. The smallest absolute Gasteiger partial charge is 0.329 e. The van der Waals surface area contributed by atoms with Gasteiger partial charge < -0.3 is 10.4 Å².